The van der Waals surface area contributed by atoms with Crippen LogP contribution in [-0.4, -0.2) is 11.1 Å². The van der Waals surface area contributed by atoms with Gasteiger partial charge in [-0.05, 0) is 34.5 Å². The Balaban J connectivity index is 2.91. The maximum absolute atomic E-state index is 10.7. The fourth-order valence-electron chi connectivity index (χ4n) is 0.891. The van der Waals surface area contributed by atoms with E-state index in [-0.39, 0.29) is 0 Å². The molecule has 0 atom stereocenters. The summed E-state index contributed by atoms with van der Waals surface area (Å²) in [7, 11) is 0. The standard InChI is InChI=1S/C9H9BrO2S/c1-2-6(9(11)12)3-8-4-7(10)5-13-8/h3-5H,2H2,1H3,(H,11,12). The molecule has 1 rings (SSSR count). The van der Waals surface area contributed by atoms with Gasteiger partial charge in [-0.3, -0.25) is 0 Å². The predicted molar refractivity (Wildman–Crippen MR) is 57.9 cm³/mol. The highest BCUT2D eigenvalue weighted by molar-refractivity contribution is 9.10. The lowest BCUT2D eigenvalue weighted by Crippen LogP contribution is -1.97. The summed E-state index contributed by atoms with van der Waals surface area (Å²) in [4.78, 5) is 11.6. The van der Waals surface area contributed by atoms with Crippen LogP contribution < -0.4 is 0 Å². The molecule has 0 amide bonds. The molecule has 0 fully saturated rings. The Labute approximate surface area is 89.0 Å². The minimum Gasteiger partial charge on any atom is -0.478 e. The molecular formula is C9H9BrO2S. The van der Waals surface area contributed by atoms with E-state index in [0.29, 0.717) is 12.0 Å². The Morgan fingerprint density at radius 1 is 1.77 bits per heavy atom. The molecule has 0 saturated carbocycles. The predicted octanol–water partition coefficient (Wildman–Crippen LogP) is 3.39. The number of rotatable bonds is 3. The van der Waals surface area contributed by atoms with Crippen LogP contribution >= 0.6 is 27.3 Å². The van der Waals surface area contributed by atoms with Gasteiger partial charge in [0.05, 0.1) is 0 Å². The molecule has 0 bridgehead atoms. The normalized spacial score (nSPS) is 11.7. The molecule has 0 radical (unpaired) electrons. The molecule has 13 heavy (non-hydrogen) atoms. The van der Waals surface area contributed by atoms with Crippen molar-refractivity contribution in [2.45, 2.75) is 13.3 Å². The first-order valence-corrected chi connectivity index (χ1v) is 5.48. The highest BCUT2D eigenvalue weighted by atomic mass is 79.9. The summed E-state index contributed by atoms with van der Waals surface area (Å²) in [6.45, 7) is 1.84. The molecule has 1 N–H and O–H groups in total. The number of aliphatic carboxylic acids is 1. The van der Waals surface area contributed by atoms with E-state index in [1.165, 1.54) is 11.3 Å². The molecule has 0 aliphatic heterocycles. The van der Waals surface area contributed by atoms with E-state index in [4.69, 9.17) is 5.11 Å². The highest BCUT2D eigenvalue weighted by Gasteiger charge is 2.04. The number of hydrogen-bond acceptors (Lipinski definition) is 2. The SMILES string of the molecule is CCC(=Cc1cc(Br)cs1)C(=O)O. The lowest BCUT2D eigenvalue weighted by atomic mass is 10.2. The number of hydrogen-bond donors (Lipinski definition) is 1. The topological polar surface area (TPSA) is 37.3 Å². The van der Waals surface area contributed by atoms with Crippen molar-refractivity contribution in [3.05, 3.63) is 26.4 Å². The van der Waals surface area contributed by atoms with E-state index in [2.05, 4.69) is 15.9 Å². The molecule has 0 unspecified atom stereocenters. The van der Waals surface area contributed by atoms with E-state index in [1.807, 2.05) is 18.4 Å². The van der Waals surface area contributed by atoms with E-state index < -0.39 is 5.97 Å². The number of carboxylic acids is 1. The van der Waals surface area contributed by atoms with Crippen molar-refractivity contribution < 1.29 is 9.90 Å². The molecular weight excluding hydrogens is 252 g/mol. The second-order valence-electron chi connectivity index (χ2n) is 2.50. The van der Waals surface area contributed by atoms with Crippen molar-refractivity contribution in [1.29, 1.82) is 0 Å². The van der Waals surface area contributed by atoms with Gasteiger partial charge in [-0.1, -0.05) is 6.92 Å². The number of carboxylic acid groups (broad SMARTS) is 1. The first kappa shape index (κ1) is 10.5. The number of carbonyl (C=O) groups is 1. The van der Waals surface area contributed by atoms with Gasteiger partial charge in [-0.25, -0.2) is 4.79 Å². The van der Waals surface area contributed by atoms with Gasteiger partial charge < -0.3 is 5.11 Å². The van der Waals surface area contributed by atoms with Crippen LogP contribution in [0.3, 0.4) is 0 Å². The Bertz CT molecular complexity index is 341. The molecule has 70 valence electrons. The summed E-state index contributed by atoms with van der Waals surface area (Å²) >= 11 is 4.84. The molecule has 4 heteroatoms. The third kappa shape index (κ3) is 2.97. The van der Waals surface area contributed by atoms with Gasteiger partial charge in [-0.15, -0.1) is 11.3 Å². The zero-order chi connectivity index (χ0) is 9.84. The Morgan fingerprint density at radius 2 is 2.46 bits per heavy atom. The van der Waals surface area contributed by atoms with Crippen LogP contribution in [0, 0.1) is 0 Å². The summed E-state index contributed by atoms with van der Waals surface area (Å²) < 4.78 is 0.990. The molecule has 0 spiro atoms. The van der Waals surface area contributed by atoms with Crippen LogP contribution in [0.15, 0.2) is 21.5 Å². The van der Waals surface area contributed by atoms with Crippen LogP contribution in [0.1, 0.15) is 18.2 Å². The number of thiophene rings is 1. The van der Waals surface area contributed by atoms with Crippen molar-refractivity contribution in [3.63, 3.8) is 0 Å². The lowest BCUT2D eigenvalue weighted by Gasteiger charge is -1.94. The quantitative estimate of drug-likeness (QED) is 0.847. The largest absolute Gasteiger partial charge is 0.478 e. The van der Waals surface area contributed by atoms with Crippen molar-refractivity contribution in [3.8, 4) is 0 Å². The summed E-state index contributed by atoms with van der Waals surface area (Å²) in [5.74, 6) is -0.841. The minimum atomic E-state index is -0.841. The minimum absolute atomic E-state index is 0.439. The van der Waals surface area contributed by atoms with Crippen molar-refractivity contribution in [2.24, 2.45) is 0 Å². The molecule has 0 aliphatic carbocycles. The summed E-state index contributed by atoms with van der Waals surface area (Å²) in [5, 5.41) is 10.7. The average molecular weight is 261 g/mol. The van der Waals surface area contributed by atoms with Crippen LogP contribution in [0.2, 0.25) is 0 Å². The van der Waals surface area contributed by atoms with Crippen LogP contribution in [0.25, 0.3) is 6.08 Å². The first-order chi connectivity index (χ1) is 6.13. The second-order valence-corrected chi connectivity index (χ2v) is 4.35. The van der Waals surface area contributed by atoms with Gasteiger partial charge >= 0.3 is 5.97 Å². The zero-order valence-corrected chi connectivity index (χ0v) is 9.48. The van der Waals surface area contributed by atoms with Gasteiger partial charge in [0.15, 0.2) is 0 Å². The third-order valence-corrected chi connectivity index (χ3v) is 3.20. The maximum Gasteiger partial charge on any atom is 0.331 e. The third-order valence-electron chi connectivity index (χ3n) is 1.56. The van der Waals surface area contributed by atoms with Crippen LogP contribution in [0.5, 0.6) is 0 Å². The Hall–Kier alpha value is -0.610. The monoisotopic (exact) mass is 260 g/mol. The fraction of sp³-hybridized carbons (Fsp3) is 0.222. The van der Waals surface area contributed by atoms with Gasteiger partial charge in [0, 0.05) is 20.3 Å². The number of halogens is 1. The van der Waals surface area contributed by atoms with Gasteiger partial charge in [0.1, 0.15) is 0 Å². The first-order valence-electron chi connectivity index (χ1n) is 3.81. The molecule has 0 saturated heterocycles. The molecule has 2 nitrogen and oxygen atoms in total. The average Bonchev–Trinajstić information content (AvgIpc) is 2.46. The smallest absolute Gasteiger partial charge is 0.331 e. The lowest BCUT2D eigenvalue weighted by molar-refractivity contribution is -0.132. The molecule has 1 heterocycles. The fourth-order valence-corrected chi connectivity index (χ4v) is 2.29. The van der Waals surface area contributed by atoms with Crippen molar-refractivity contribution >= 4 is 39.3 Å². The van der Waals surface area contributed by atoms with E-state index in [9.17, 15) is 4.79 Å². The van der Waals surface area contributed by atoms with E-state index in [1.54, 1.807) is 6.08 Å². The van der Waals surface area contributed by atoms with E-state index in [0.717, 1.165) is 9.35 Å². The summed E-state index contributed by atoms with van der Waals surface area (Å²) in [5.41, 5.74) is 0.439. The Kier molecular flexibility index (Phi) is 3.69. The van der Waals surface area contributed by atoms with Gasteiger partial charge in [-0.2, -0.15) is 0 Å². The Morgan fingerprint density at radius 3 is 2.85 bits per heavy atom. The van der Waals surface area contributed by atoms with Crippen LogP contribution in [0.4, 0.5) is 0 Å². The highest BCUT2D eigenvalue weighted by Crippen LogP contribution is 2.22. The summed E-state index contributed by atoms with van der Waals surface area (Å²) in [6, 6.07) is 1.91. The van der Waals surface area contributed by atoms with Gasteiger partial charge in [0.25, 0.3) is 0 Å². The summed E-state index contributed by atoms with van der Waals surface area (Å²) in [6.07, 6.45) is 2.25. The zero-order valence-electron chi connectivity index (χ0n) is 7.08. The van der Waals surface area contributed by atoms with E-state index >= 15 is 0 Å². The van der Waals surface area contributed by atoms with Crippen molar-refractivity contribution in [1.82, 2.24) is 0 Å². The molecule has 0 aliphatic rings. The molecule has 0 aromatic carbocycles. The van der Waals surface area contributed by atoms with Gasteiger partial charge in [0.2, 0.25) is 0 Å². The molecule has 1 aromatic rings. The maximum atomic E-state index is 10.7. The van der Waals surface area contributed by atoms with Crippen molar-refractivity contribution in [2.75, 3.05) is 0 Å². The molecule has 1 aromatic heterocycles. The second kappa shape index (κ2) is 4.58. The van der Waals surface area contributed by atoms with Crippen LogP contribution in [-0.2, 0) is 4.79 Å².